The number of amides is 1. The maximum atomic E-state index is 13.1. The summed E-state index contributed by atoms with van der Waals surface area (Å²) in [5.41, 5.74) is 2.35. The number of hydrogen-bond donors (Lipinski definition) is 0. The van der Waals surface area contributed by atoms with Crippen molar-refractivity contribution in [2.75, 3.05) is 31.7 Å². The molecule has 0 unspecified atom stereocenters. The summed E-state index contributed by atoms with van der Waals surface area (Å²) in [6, 6.07) is 15.3. The predicted molar refractivity (Wildman–Crippen MR) is 118 cm³/mol. The van der Waals surface area contributed by atoms with Crippen molar-refractivity contribution < 1.29 is 14.3 Å². The van der Waals surface area contributed by atoms with Gasteiger partial charge in [0.1, 0.15) is 11.5 Å². The molecule has 0 radical (unpaired) electrons. The van der Waals surface area contributed by atoms with E-state index < -0.39 is 0 Å². The fourth-order valence-electron chi connectivity index (χ4n) is 3.75. The number of benzene rings is 2. The van der Waals surface area contributed by atoms with E-state index in [1.165, 1.54) is 11.8 Å². The van der Waals surface area contributed by atoms with E-state index in [9.17, 15) is 10.1 Å². The van der Waals surface area contributed by atoms with E-state index in [0.717, 1.165) is 11.3 Å². The summed E-state index contributed by atoms with van der Waals surface area (Å²) in [6.07, 6.45) is 0.199. The summed E-state index contributed by atoms with van der Waals surface area (Å²) in [6.45, 7) is 0.399. The summed E-state index contributed by atoms with van der Waals surface area (Å²) >= 11 is 7.49. The van der Waals surface area contributed by atoms with Gasteiger partial charge in [0.25, 0.3) is 0 Å². The number of fused-ring (bicyclic) bond motifs is 1. The Bertz CT molecular complexity index is 1050. The number of carbonyl (C=O) groups is 1. The zero-order valence-electron chi connectivity index (χ0n) is 16.6. The second-order valence-electron chi connectivity index (χ2n) is 6.95. The minimum Gasteiger partial charge on any atom is -0.497 e. The Morgan fingerprint density at radius 2 is 1.93 bits per heavy atom. The van der Waals surface area contributed by atoms with Crippen LogP contribution in [0.2, 0.25) is 5.02 Å². The third-order valence-corrected chi connectivity index (χ3v) is 6.70. The highest BCUT2D eigenvalue weighted by atomic mass is 35.5. The molecule has 1 fully saturated rings. The summed E-state index contributed by atoms with van der Waals surface area (Å²) in [4.78, 5) is 16.9. The molecular formula is C22H20ClN3O3S. The Hall–Kier alpha value is -2.82. The third kappa shape index (κ3) is 3.69. The molecule has 6 nitrogen and oxygen atoms in total. The van der Waals surface area contributed by atoms with Crippen LogP contribution in [-0.4, -0.2) is 37.6 Å². The number of anilines is 1. The van der Waals surface area contributed by atoms with Crippen LogP contribution in [0.15, 0.2) is 53.1 Å². The van der Waals surface area contributed by atoms with Gasteiger partial charge in [-0.15, -0.1) is 0 Å². The molecule has 1 saturated heterocycles. The lowest BCUT2D eigenvalue weighted by atomic mass is 9.86. The zero-order valence-corrected chi connectivity index (χ0v) is 18.2. The third-order valence-electron chi connectivity index (χ3n) is 5.30. The van der Waals surface area contributed by atoms with Crippen LogP contribution < -0.4 is 14.4 Å². The molecule has 0 saturated carbocycles. The minimum atomic E-state index is -0.367. The van der Waals surface area contributed by atoms with Crippen molar-refractivity contribution in [3.05, 3.63) is 63.7 Å². The molecule has 2 aliphatic heterocycles. The number of allylic oxidation sites excluding steroid dienone is 1. The Morgan fingerprint density at radius 3 is 2.60 bits per heavy atom. The highest BCUT2D eigenvalue weighted by molar-refractivity contribution is 8.03. The summed E-state index contributed by atoms with van der Waals surface area (Å²) < 4.78 is 10.9. The molecule has 2 aliphatic rings. The number of nitriles is 1. The number of ether oxygens (including phenoxy) is 2. The first-order valence-corrected chi connectivity index (χ1v) is 10.7. The summed E-state index contributed by atoms with van der Waals surface area (Å²) in [5.74, 6) is 1.54. The first-order chi connectivity index (χ1) is 14.5. The number of hydrogen-bond acceptors (Lipinski definition) is 6. The lowest BCUT2D eigenvalue weighted by Gasteiger charge is -2.42. The van der Waals surface area contributed by atoms with E-state index in [1.807, 2.05) is 30.3 Å². The van der Waals surface area contributed by atoms with Gasteiger partial charge in [0, 0.05) is 28.6 Å². The highest BCUT2D eigenvalue weighted by Crippen LogP contribution is 2.46. The second-order valence-corrected chi connectivity index (χ2v) is 8.32. The predicted octanol–water partition coefficient (Wildman–Crippen LogP) is 4.58. The average Bonchev–Trinajstić information content (AvgIpc) is 2.79. The van der Waals surface area contributed by atoms with Crippen molar-refractivity contribution in [1.82, 2.24) is 4.90 Å². The van der Waals surface area contributed by atoms with Crippen LogP contribution >= 0.6 is 23.4 Å². The van der Waals surface area contributed by atoms with Crippen molar-refractivity contribution in [1.29, 1.82) is 5.26 Å². The topological polar surface area (TPSA) is 65.8 Å². The molecule has 8 heteroatoms. The van der Waals surface area contributed by atoms with Crippen LogP contribution in [0.1, 0.15) is 17.9 Å². The van der Waals surface area contributed by atoms with E-state index in [1.54, 1.807) is 31.3 Å². The maximum absolute atomic E-state index is 13.1. The van der Waals surface area contributed by atoms with Gasteiger partial charge < -0.3 is 14.4 Å². The Balaban J connectivity index is 1.70. The number of halogens is 1. The number of rotatable bonds is 4. The number of carbonyl (C=O) groups excluding carboxylic acids is 1. The number of methoxy groups -OCH3 is 2. The fourth-order valence-corrected chi connectivity index (χ4v) is 5.05. The normalized spacial score (nSPS) is 18.7. The molecule has 2 aromatic carbocycles. The van der Waals surface area contributed by atoms with Gasteiger partial charge in [0.2, 0.25) is 5.91 Å². The molecule has 30 heavy (non-hydrogen) atoms. The monoisotopic (exact) mass is 441 g/mol. The van der Waals surface area contributed by atoms with Gasteiger partial charge in [-0.25, -0.2) is 0 Å². The molecular weight excluding hydrogens is 422 g/mol. The van der Waals surface area contributed by atoms with Crippen LogP contribution in [0.25, 0.3) is 0 Å². The van der Waals surface area contributed by atoms with E-state index in [-0.39, 0.29) is 18.2 Å². The molecule has 154 valence electrons. The molecule has 2 aromatic rings. The van der Waals surface area contributed by atoms with Gasteiger partial charge in [-0.1, -0.05) is 23.4 Å². The average molecular weight is 442 g/mol. The van der Waals surface area contributed by atoms with Crippen molar-refractivity contribution in [3.63, 3.8) is 0 Å². The molecule has 0 aliphatic carbocycles. The lowest BCUT2D eigenvalue weighted by Crippen LogP contribution is -2.47. The molecule has 1 amide bonds. The Labute approximate surface area is 184 Å². The van der Waals surface area contributed by atoms with E-state index in [4.69, 9.17) is 21.1 Å². The molecule has 0 aromatic heterocycles. The fraction of sp³-hybridized carbons (Fsp3) is 0.273. The van der Waals surface area contributed by atoms with Crippen LogP contribution in [0.3, 0.4) is 0 Å². The summed E-state index contributed by atoms with van der Waals surface area (Å²) in [7, 11) is 3.17. The van der Waals surface area contributed by atoms with Crippen LogP contribution in [-0.2, 0) is 4.79 Å². The SMILES string of the molecule is COc1ccc(OC)c([C@@H]2CC(=O)N3CN(c4ccc(Cl)cc4)CSC3=C2C#N)c1. The standard InChI is InChI=1S/C22H20ClN3O3S/c1-28-16-7-8-20(29-2)18(9-16)17-10-21(27)26-12-25(13-30-22(26)19(17)11-24)15-5-3-14(23)4-6-15/h3-9,17H,10,12-13H2,1-2H3/t17-/m0/s1. The van der Waals surface area contributed by atoms with Crippen molar-refractivity contribution >= 4 is 35.0 Å². The molecule has 2 heterocycles. The van der Waals surface area contributed by atoms with Crippen LogP contribution in [0.4, 0.5) is 5.69 Å². The minimum absolute atomic E-state index is 0.0231. The molecule has 1 atom stereocenters. The molecule has 0 bridgehead atoms. The van der Waals surface area contributed by atoms with Crippen LogP contribution in [0, 0.1) is 11.3 Å². The van der Waals surface area contributed by atoms with Gasteiger partial charge in [-0.05, 0) is 42.5 Å². The van der Waals surface area contributed by atoms with Gasteiger partial charge in [-0.2, -0.15) is 5.26 Å². The Kier molecular flexibility index (Phi) is 5.80. The molecule has 0 N–H and O–H groups in total. The first-order valence-electron chi connectivity index (χ1n) is 9.35. The van der Waals surface area contributed by atoms with Crippen LogP contribution in [0.5, 0.6) is 11.5 Å². The zero-order chi connectivity index (χ0) is 21.3. The van der Waals surface area contributed by atoms with E-state index in [0.29, 0.717) is 39.7 Å². The number of thioether (sulfide) groups is 1. The largest absolute Gasteiger partial charge is 0.497 e. The van der Waals surface area contributed by atoms with Gasteiger partial charge in [0.15, 0.2) is 0 Å². The van der Waals surface area contributed by atoms with Gasteiger partial charge >= 0.3 is 0 Å². The number of nitrogens with zero attached hydrogens (tertiary/aromatic N) is 3. The smallest absolute Gasteiger partial charge is 0.229 e. The quantitative estimate of drug-likeness (QED) is 0.692. The van der Waals surface area contributed by atoms with Crippen molar-refractivity contribution in [2.45, 2.75) is 12.3 Å². The van der Waals surface area contributed by atoms with Gasteiger partial charge in [-0.3, -0.25) is 9.69 Å². The van der Waals surface area contributed by atoms with Crippen molar-refractivity contribution in [3.8, 4) is 17.6 Å². The lowest BCUT2D eigenvalue weighted by molar-refractivity contribution is -0.129. The molecule has 4 rings (SSSR count). The van der Waals surface area contributed by atoms with E-state index in [2.05, 4.69) is 11.0 Å². The molecule has 0 spiro atoms. The Morgan fingerprint density at radius 1 is 1.17 bits per heavy atom. The van der Waals surface area contributed by atoms with Crippen molar-refractivity contribution in [2.24, 2.45) is 0 Å². The van der Waals surface area contributed by atoms with Gasteiger partial charge in [0.05, 0.1) is 43.4 Å². The second kappa shape index (κ2) is 8.50. The summed E-state index contributed by atoms with van der Waals surface area (Å²) in [5, 5.41) is 11.4. The highest BCUT2D eigenvalue weighted by Gasteiger charge is 2.39. The first kappa shape index (κ1) is 20.5. The maximum Gasteiger partial charge on any atom is 0.229 e. The van der Waals surface area contributed by atoms with E-state index >= 15 is 0 Å².